The van der Waals surface area contributed by atoms with E-state index < -0.39 is 22.8 Å². The number of methoxy groups -OCH3 is 1. The summed E-state index contributed by atoms with van der Waals surface area (Å²) in [5.41, 5.74) is 2.66. The summed E-state index contributed by atoms with van der Waals surface area (Å²) in [7, 11) is 1.26. The fourth-order valence-electron chi connectivity index (χ4n) is 5.35. The number of nitro groups is 1. The van der Waals surface area contributed by atoms with Crippen LogP contribution in [0.5, 0.6) is 5.88 Å². The molecule has 0 spiro atoms. The summed E-state index contributed by atoms with van der Waals surface area (Å²) in [4.78, 5) is 37.8. The van der Waals surface area contributed by atoms with Gasteiger partial charge in [-0.15, -0.1) is 5.10 Å². The van der Waals surface area contributed by atoms with Gasteiger partial charge in [0.25, 0.3) is 5.69 Å². The standard InChI is InChI=1S/C32H44N4O7/c1-18(2)25(42-27-16-20(5)34-35-27)14-9-10-15-26(19(3)4)43-32(38)29-22(7)33-21(6)28(31(37)41-8)30(29)23-12-11-13-24(17-23)36(39)40/h11-13,16-19,25-26,30,33H,9-10,14-15H2,1-8H3,(H,34,35). The Bertz CT molecular complexity index is 1380. The number of esters is 2. The Balaban J connectivity index is 1.78. The number of rotatable bonds is 14. The Morgan fingerprint density at radius 3 is 2.09 bits per heavy atom. The molecule has 11 nitrogen and oxygen atoms in total. The van der Waals surface area contributed by atoms with Gasteiger partial charge in [-0.2, -0.15) is 0 Å². The zero-order valence-electron chi connectivity index (χ0n) is 26.4. The van der Waals surface area contributed by atoms with Gasteiger partial charge in [0.05, 0.1) is 29.1 Å². The highest BCUT2D eigenvalue weighted by molar-refractivity contribution is 6.00. The molecule has 0 fully saturated rings. The Labute approximate surface area is 253 Å². The maximum absolute atomic E-state index is 13.9. The number of carbonyl (C=O) groups is 2. The number of nitro benzene ring substituents is 1. The quantitative estimate of drug-likeness (QED) is 0.112. The van der Waals surface area contributed by atoms with E-state index in [4.69, 9.17) is 14.2 Å². The van der Waals surface area contributed by atoms with E-state index in [1.54, 1.807) is 19.9 Å². The lowest BCUT2D eigenvalue weighted by atomic mass is 9.80. The second-order valence-corrected chi connectivity index (χ2v) is 11.7. The SMILES string of the molecule is COC(=O)C1=C(C)NC(C)=C(C(=O)OC(CCCCC(Oc2cc(C)[nH]n2)C(C)C)C(C)C)C1c1cccc([N+](=O)[O-])c1. The molecule has 2 aromatic rings. The minimum atomic E-state index is -0.900. The Hall–Kier alpha value is -4.15. The number of aromatic amines is 1. The molecule has 234 valence electrons. The molecule has 43 heavy (non-hydrogen) atoms. The first-order valence-corrected chi connectivity index (χ1v) is 14.7. The molecule has 2 heterocycles. The molecule has 3 rings (SSSR count). The molecule has 11 heteroatoms. The van der Waals surface area contributed by atoms with Crippen LogP contribution in [0, 0.1) is 28.9 Å². The predicted molar refractivity (Wildman–Crippen MR) is 162 cm³/mol. The van der Waals surface area contributed by atoms with Crippen LogP contribution in [0.15, 0.2) is 52.9 Å². The minimum absolute atomic E-state index is 0.00586. The number of benzene rings is 1. The normalized spacial score (nSPS) is 16.7. The zero-order chi connectivity index (χ0) is 31.8. The summed E-state index contributed by atoms with van der Waals surface area (Å²) in [6.07, 6.45) is 2.81. The van der Waals surface area contributed by atoms with Gasteiger partial charge in [0.1, 0.15) is 12.2 Å². The van der Waals surface area contributed by atoms with Gasteiger partial charge in [0.15, 0.2) is 0 Å². The number of nitrogens with one attached hydrogen (secondary N) is 2. The van der Waals surface area contributed by atoms with Crippen LogP contribution in [0.3, 0.4) is 0 Å². The largest absolute Gasteiger partial charge is 0.473 e. The van der Waals surface area contributed by atoms with Crippen LogP contribution < -0.4 is 10.1 Å². The van der Waals surface area contributed by atoms with Crippen LogP contribution in [-0.2, 0) is 19.1 Å². The van der Waals surface area contributed by atoms with Gasteiger partial charge >= 0.3 is 11.9 Å². The number of non-ortho nitro benzene ring substituents is 1. The van der Waals surface area contributed by atoms with E-state index in [-0.39, 0.29) is 35.0 Å². The van der Waals surface area contributed by atoms with Crippen molar-refractivity contribution in [2.24, 2.45) is 11.8 Å². The molecule has 1 aliphatic heterocycles. The lowest BCUT2D eigenvalue weighted by Crippen LogP contribution is -2.34. The smallest absolute Gasteiger partial charge is 0.337 e. The van der Waals surface area contributed by atoms with Crippen LogP contribution in [0.1, 0.15) is 84.4 Å². The van der Waals surface area contributed by atoms with E-state index in [0.29, 0.717) is 35.2 Å². The summed E-state index contributed by atoms with van der Waals surface area (Å²) in [5.74, 6) is -1.18. The summed E-state index contributed by atoms with van der Waals surface area (Å²) < 4.78 is 17.3. The van der Waals surface area contributed by atoms with E-state index >= 15 is 0 Å². The number of ether oxygens (including phenoxy) is 3. The summed E-state index contributed by atoms with van der Waals surface area (Å²) in [6, 6.07) is 7.83. The van der Waals surface area contributed by atoms with Crippen molar-refractivity contribution in [1.82, 2.24) is 15.5 Å². The first-order chi connectivity index (χ1) is 20.3. The molecule has 1 aromatic carbocycles. The molecule has 2 N–H and O–H groups in total. The summed E-state index contributed by atoms with van der Waals surface area (Å²) in [5, 5.41) is 21.7. The van der Waals surface area contributed by atoms with Crippen molar-refractivity contribution in [3.05, 3.63) is 74.2 Å². The van der Waals surface area contributed by atoms with Crippen molar-refractivity contribution in [1.29, 1.82) is 0 Å². The average Bonchev–Trinajstić information content (AvgIpc) is 3.37. The van der Waals surface area contributed by atoms with Crippen LogP contribution in [0.2, 0.25) is 0 Å². The average molecular weight is 597 g/mol. The van der Waals surface area contributed by atoms with Crippen LogP contribution in [0.4, 0.5) is 5.69 Å². The van der Waals surface area contributed by atoms with E-state index in [9.17, 15) is 19.7 Å². The highest BCUT2D eigenvalue weighted by Gasteiger charge is 2.39. The molecule has 0 aliphatic carbocycles. The molecule has 1 aliphatic rings. The van der Waals surface area contributed by atoms with Crippen LogP contribution in [-0.4, -0.2) is 46.4 Å². The monoisotopic (exact) mass is 596 g/mol. The second-order valence-electron chi connectivity index (χ2n) is 11.7. The number of aromatic nitrogens is 2. The molecule has 3 atom stereocenters. The van der Waals surface area contributed by atoms with Gasteiger partial charge in [-0.3, -0.25) is 15.2 Å². The third-order valence-corrected chi connectivity index (χ3v) is 7.73. The van der Waals surface area contributed by atoms with E-state index in [0.717, 1.165) is 25.0 Å². The van der Waals surface area contributed by atoms with Crippen molar-refractivity contribution in [3.8, 4) is 5.88 Å². The topological polar surface area (TPSA) is 146 Å². The number of allylic oxidation sites excluding steroid dienone is 2. The number of unbranched alkanes of at least 4 members (excludes halogenated alkanes) is 1. The van der Waals surface area contributed by atoms with Crippen molar-refractivity contribution >= 4 is 17.6 Å². The van der Waals surface area contributed by atoms with Crippen molar-refractivity contribution in [3.63, 3.8) is 0 Å². The fraction of sp³-hybridized carbons (Fsp3) is 0.531. The third-order valence-electron chi connectivity index (χ3n) is 7.73. The number of hydrogen-bond acceptors (Lipinski definition) is 9. The predicted octanol–water partition coefficient (Wildman–Crippen LogP) is 6.27. The van der Waals surface area contributed by atoms with Gasteiger partial charge in [-0.25, -0.2) is 9.59 Å². The molecule has 0 bridgehead atoms. The van der Waals surface area contributed by atoms with E-state index in [2.05, 4.69) is 29.4 Å². The number of dihydropyridines is 1. The maximum Gasteiger partial charge on any atom is 0.337 e. The first kappa shape index (κ1) is 33.4. The van der Waals surface area contributed by atoms with Gasteiger partial charge in [0.2, 0.25) is 5.88 Å². The molecule has 0 radical (unpaired) electrons. The lowest BCUT2D eigenvalue weighted by molar-refractivity contribution is -0.384. The third kappa shape index (κ3) is 8.46. The molecule has 1 aromatic heterocycles. The molecule has 3 unspecified atom stereocenters. The number of H-pyrrole nitrogens is 1. The lowest BCUT2D eigenvalue weighted by Gasteiger charge is -2.31. The van der Waals surface area contributed by atoms with E-state index in [1.807, 2.05) is 26.8 Å². The van der Waals surface area contributed by atoms with Crippen molar-refractivity contribution < 1.29 is 28.7 Å². The van der Waals surface area contributed by atoms with Crippen LogP contribution in [0.25, 0.3) is 0 Å². The highest BCUT2D eigenvalue weighted by atomic mass is 16.6. The molecule has 0 amide bonds. The molecular weight excluding hydrogens is 552 g/mol. The Kier molecular flexibility index (Phi) is 11.5. The Morgan fingerprint density at radius 1 is 0.953 bits per heavy atom. The zero-order valence-corrected chi connectivity index (χ0v) is 26.4. The maximum atomic E-state index is 13.9. The minimum Gasteiger partial charge on any atom is -0.473 e. The number of nitrogens with zero attached hydrogens (tertiary/aromatic N) is 2. The highest BCUT2D eigenvalue weighted by Crippen LogP contribution is 2.40. The number of hydrogen-bond donors (Lipinski definition) is 2. The molecular formula is C32H44N4O7. The fourth-order valence-corrected chi connectivity index (χ4v) is 5.35. The summed E-state index contributed by atoms with van der Waals surface area (Å²) >= 11 is 0. The number of aryl methyl sites for hydroxylation is 1. The van der Waals surface area contributed by atoms with Gasteiger partial charge in [-0.05, 0) is 63.9 Å². The second kappa shape index (κ2) is 14.8. The van der Waals surface area contributed by atoms with E-state index in [1.165, 1.54) is 25.3 Å². The van der Waals surface area contributed by atoms with Gasteiger partial charge in [-0.1, -0.05) is 39.8 Å². The summed E-state index contributed by atoms with van der Waals surface area (Å²) in [6.45, 7) is 13.6. The first-order valence-electron chi connectivity index (χ1n) is 14.7. The Morgan fingerprint density at radius 2 is 1.56 bits per heavy atom. The van der Waals surface area contributed by atoms with Crippen molar-refractivity contribution in [2.45, 2.75) is 92.3 Å². The van der Waals surface area contributed by atoms with Crippen LogP contribution >= 0.6 is 0 Å². The molecule has 0 saturated heterocycles. The van der Waals surface area contributed by atoms with Gasteiger partial charge in [0, 0.05) is 35.3 Å². The van der Waals surface area contributed by atoms with Gasteiger partial charge < -0.3 is 19.5 Å². The number of carbonyl (C=O) groups excluding carboxylic acids is 2. The molecule has 0 saturated carbocycles. The van der Waals surface area contributed by atoms with Crippen molar-refractivity contribution in [2.75, 3.05) is 7.11 Å².